The van der Waals surface area contributed by atoms with Gasteiger partial charge in [0, 0.05) is 19.1 Å². The number of carbonyl (C=O) groups excluding carboxylic acids is 2. The molecule has 2 aromatic rings. The summed E-state index contributed by atoms with van der Waals surface area (Å²) in [4.78, 5) is 27.1. The van der Waals surface area contributed by atoms with Gasteiger partial charge in [0.2, 0.25) is 5.91 Å². The lowest BCUT2D eigenvalue weighted by Gasteiger charge is -2.15. The number of nitrogens with zero attached hydrogens (tertiary/aromatic N) is 2. The van der Waals surface area contributed by atoms with Crippen LogP contribution in [0, 0.1) is 0 Å². The third-order valence-corrected chi connectivity index (χ3v) is 4.42. The van der Waals surface area contributed by atoms with E-state index >= 15 is 0 Å². The molecule has 29 heavy (non-hydrogen) atoms. The summed E-state index contributed by atoms with van der Waals surface area (Å²) in [6.07, 6.45) is 1.11. The van der Waals surface area contributed by atoms with Gasteiger partial charge in [-0.3, -0.25) is 9.59 Å². The van der Waals surface area contributed by atoms with E-state index in [2.05, 4.69) is 15.5 Å². The lowest BCUT2D eigenvalue weighted by atomic mass is 10.0. The smallest absolute Gasteiger partial charge is 0.281 e. The molecule has 0 aromatic heterocycles. The van der Waals surface area contributed by atoms with Gasteiger partial charge in [-0.1, -0.05) is 11.6 Å². The number of hydrogen-bond donors (Lipinski definition) is 2. The number of methoxy groups -OCH3 is 1. The van der Waals surface area contributed by atoms with Crippen LogP contribution >= 0.6 is 11.6 Å². The van der Waals surface area contributed by atoms with Crippen molar-refractivity contribution in [3.63, 3.8) is 0 Å². The molecular formula is C20H19ClN4O4. The zero-order chi connectivity index (χ0) is 20.8. The summed E-state index contributed by atoms with van der Waals surface area (Å²) in [7, 11) is 1.58. The number of hydrogen-bond acceptors (Lipinski definition) is 6. The van der Waals surface area contributed by atoms with E-state index in [0.29, 0.717) is 24.3 Å². The number of primary amides is 1. The van der Waals surface area contributed by atoms with E-state index < -0.39 is 12.1 Å². The van der Waals surface area contributed by atoms with Gasteiger partial charge in [-0.2, -0.15) is 5.10 Å². The highest BCUT2D eigenvalue weighted by molar-refractivity contribution is 6.32. The van der Waals surface area contributed by atoms with Crippen LogP contribution < -0.4 is 20.6 Å². The van der Waals surface area contributed by atoms with Gasteiger partial charge < -0.3 is 15.2 Å². The standard InChI is InChI=1S/C20H19ClN4O4/c1-28-14-5-2-12(3-6-14)11-23-20(19(22)27)29-17-8-4-13(10-15(17)21)16-7-9-18(26)25-24-16/h2-6,8,10-11,20H,7,9H2,1H3,(H2,22,27)(H,25,26)/b23-11+. The van der Waals surface area contributed by atoms with E-state index in [1.54, 1.807) is 49.6 Å². The molecular weight excluding hydrogens is 396 g/mol. The van der Waals surface area contributed by atoms with E-state index in [4.69, 9.17) is 26.8 Å². The molecule has 0 radical (unpaired) electrons. The number of nitrogens with two attached hydrogens (primary N) is 1. The maximum absolute atomic E-state index is 11.7. The Morgan fingerprint density at radius 1 is 1.28 bits per heavy atom. The minimum atomic E-state index is -1.24. The van der Waals surface area contributed by atoms with E-state index in [1.165, 1.54) is 6.21 Å². The Morgan fingerprint density at radius 3 is 2.62 bits per heavy atom. The highest BCUT2D eigenvalue weighted by atomic mass is 35.5. The zero-order valence-corrected chi connectivity index (χ0v) is 16.3. The van der Waals surface area contributed by atoms with Gasteiger partial charge in [0.15, 0.2) is 0 Å². The second-order valence-electron chi connectivity index (χ2n) is 6.16. The number of hydrazone groups is 1. The monoisotopic (exact) mass is 414 g/mol. The number of aliphatic imine (C=N–C) groups is 1. The maximum Gasteiger partial charge on any atom is 0.281 e. The highest BCUT2D eigenvalue weighted by Gasteiger charge is 2.19. The molecule has 1 unspecified atom stereocenters. The number of benzene rings is 2. The first-order chi connectivity index (χ1) is 14.0. The van der Waals surface area contributed by atoms with Crippen molar-refractivity contribution in [2.45, 2.75) is 19.1 Å². The van der Waals surface area contributed by atoms with Gasteiger partial charge in [-0.05, 0) is 53.6 Å². The fourth-order valence-electron chi connectivity index (χ4n) is 2.58. The summed E-state index contributed by atoms with van der Waals surface area (Å²) in [5, 5.41) is 4.30. The minimum Gasteiger partial charge on any atom is -0.497 e. The zero-order valence-electron chi connectivity index (χ0n) is 15.6. The maximum atomic E-state index is 11.7. The quantitative estimate of drug-likeness (QED) is 0.676. The molecule has 3 rings (SSSR count). The van der Waals surface area contributed by atoms with Gasteiger partial charge in [-0.25, -0.2) is 10.4 Å². The van der Waals surface area contributed by atoms with Crippen LogP contribution in [0.3, 0.4) is 0 Å². The number of amides is 2. The molecule has 150 valence electrons. The lowest BCUT2D eigenvalue weighted by Crippen LogP contribution is -2.32. The predicted octanol–water partition coefficient (Wildman–Crippen LogP) is 2.27. The minimum absolute atomic E-state index is 0.126. The molecule has 2 aromatic carbocycles. The summed E-state index contributed by atoms with van der Waals surface area (Å²) >= 11 is 6.29. The third-order valence-electron chi connectivity index (χ3n) is 4.13. The van der Waals surface area contributed by atoms with E-state index in [9.17, 15) is 9.59 Å². The van der Waals surface area contributed by atoms with Crippen LogP contribution in [0.1, 0.15) is 24.0 Å². The predicted molar refractivity (Wildman–Crippen MR) is 110 cm³/mol. The molecule has 1 heterocycles. The lowest BCUT2D eigenvalue weighted by molar-refractivity contribution is -0.124. The number of ether oxygens (including phenoxy) is 2. The van der Waals surface area contributed by atoms with Crippen LogP contribution in [0.4, 0.5) is 0 Å². The van der Waals surface area contributed by atoms with Gasteiger partial charge in [0.25, 0.3) is 12.1 Å². The molecule has 9 heteroatoms. The van der Waals surface area contributed by atoms with Crippen molar-refractivity contribution in [3.05, 3.63) is 58.6 Å². The number of halogens is 1. The Morgan fingerprint density at radius 2 is 2.03 bits per heavy atom. The summed E-state index contributed by atoms with van der Waals surface area (Å²) in [6.45, 7) is 0. The molecule has 0 saturated heterocycles. The van der Waals surface area contributed by atoms with E-state index in [1.807, 2.05) is 0 Å². The fraction of sp³-hybridized carbons (Fsp3) is 0.200. The average Bonchev–Trinajstić information content (AvgIpc) is 2.73. The number of carbonyl (C=O) groups is 2. The Balaban J connectivity index is 1.73. The third kappa shape index (κ3) is 5.32. The molecule has 1 aliphatic rings. The largest absolute Gasteiger partial charge is 0.497 e. The van der Waals surface area contributed by atoms with Gasteiger partial charge in [0.05, 0.1) is 17.8 Å². The van der Waals surface area contributed by atoms with Crippen molar-refractivity contribution in [1.82, 2.24) is 5.43 Å². The molecule has 0 saturated carbocycles. The van der Waals surface area contributed by atoms with Crippen LogP contribution in [0.15, 0.2) is 52.6 Å². The van der Waals surface area contributed by atoms with Crippen molar-refractivity contribution in [1.29, 1.82) is 0 Å². The van der Waals surface area contributed by atoms with Gasteiger partial charge in [0.1, 0.15) is 11.5 Å². The van der Waals surface area contributed by atoms with Gasteiger partial charge >= 0.3 is 0 Å². The first kappa shape index (κ1) is 20.3. The summed E-state index contributed by atoms with van der Waals surface area (Å²) in [5.41, 5.74) is 10.1. The first-order valence-electron chi connectivity index (χ1n) is 8.75. The summed E-state index contributed by atoms with van der Waals surface area (Å²) in [6, 6.07) is 12.1. The molecule has 0 spiro atoms. The number of rotatable bonds is 7. The first-order valence-corrected chi connectivity index (χ1v) is 9.12. The van der Waals surface area contributed by atoms with Gasteiger partial charge in [-0.15, -0.1) is 0 Å². The summed E-state index contributed by atoms with van der Waals surface area (Å²) in [5.74, 6) is 0.0819. The number of nitrogens with one attached hydrogen (secondary N) is 1. The van der Waals surface area contributed by atoms with E-state index in [0.717, 1.165) is 11.1 Å². The molecule has 1 aliphatic heterocycles. The highest BCUT2D eigenvalue weighted by Crippen LogP contribution is 2.28. The SMILES string of the molecule is COc1ccc(/C=N/C(Oc2ccc(C3=NNC(=O)CC3)cc2Cl)C(N)=O)cc1. The van der Waals surface area contributed by atoms with Crippen molar-refractivity contribution in [2.24, 2.45) is 15.8 Å². The van der Waals surface area contributed by atoms with Crippen LogP contribution in [0.25, 0.3) is 0 Å². The molecule has 3 N–H and O–H groups in total. The Hall–Kier alpha value is -3.39. The fourth-order valence-corrected chi connectivity index (χ4v) is 2.81. The normalized spacial score (nSPS) is 14.8. The average molecular weight is 415 g/mol. The molecule has 2 amide bonds. The molecule has 8 nitrogen and oxygen atoms in total. The van der Waals surface area contributed by atoms with E-state index in [-0.39, 0.29) is 16.7 Å². The molecule has 1 atom stereocenters. The van der Waals surface area contributed by atoms with Crippen molar-refractivity contribution >= 4 is 35.3 Å². The second kappa shape index (κ2) is 9.20. The second-order valence-corrected chi connectivity index (χ2v) is 6.57. The van der Waals surface area contributed by atoms with Crippen molar-refractivity contribution in [2.75, 3.05) is 7.11 Å². The topological polar surface area (TPSA) is 115 Å². The molecule has 0 fully saturated rings. The van der Waals surface area contributed by atoms with Crippen molar-refractivity contribution in [3.8, 4) is 11.5 Å². The Bertz CT molecular complexity index is 973. The van der Waals surface area contributed by atoms with Crippen molar-refractivity contribution < 1.29 is 19.1 Å². The van der Waals surface area contributed by atoms with Crippen LogP contribution in [0.2, 0.25) is 5.02 Å². The molecule has 0 bridgehead atoms. The summed E-state index contributed by atoms with van der Waals surface area (Å²) < 4.78 is 10.7. The van der Waals surface area contributed by atoms with Crippen LogP contribution in [-0.4, -0.2) is 37.1 Å². The Labute approximate surface area is 172 Å². The Kier molecular flexibility index (Phi) is 6.46. The van der Waals surface area contributed by atoms with Crippen LogP contribution in [-0.2, 0) is 9.59 Å². The molecule has 0 aliphatic carbocycles. The van der Waals surface area contributed by atoms with Crippen LogP contribution in [0.5, 0.6) is 11.5 Å².